The summed E-state index contributed by atoms with van der Waals surface area (Å²) in [5, 5.41) is 0. The van der Waals surface area contributed by atoms with Crippen LogP contribution < -0.4 is 0 Å². The predicted octanol–water partition coefficient (Wildman–Crippen LogP) is 1.52. The molecule has 2 aromatic heterocycles. The molecule has 0 atom stereocenters. The highest BCUT2D eigenvalue weighted by Gasteiger charge is 2.09. The van der Waals surface area contributed by atoms with E-state index in [-0.39, 0.29) is 5.69 Å². The number of rotatable bonds is 2. The lowest BCUT2D eigenvalue weighted by molar-refractivity contribution is 0.0594. The zero-order valence-electron chi connectivity index (χ0n) is 8.01. The van der Waals surface area contributed by atoms with Crippen LogP contribution in [0.15, 0.2) is 35.3 Å². The van der Waals surface area contributed by atoms with Gasteiger partial charge in [0.2, 0.25) is 0 Å². The lowest BCUT2D eigenvalue weighted by Gasteiger charge is -1.99. The lowest BCUT2D eigenvalue weighted by atomic mass is 10.3. The van der Waals surface area contributed by atoms with Crippen molar-refractivity contribution in [1.29, 1.82) is 0 Å². The summed E-state index contributed by atoms with van der Waals surface area (Å²) in [4.78, 5) is 19.3. The van der Waals surface area contributed by atoms with Gasteiger partial charge in [-0.1, -0.05) is 0 Å². The first-order valence-corrected chi connectivity index (χ1v) is 4.25. The summed E-state index contributed by atoms with van der Waals surface area (Å²) >= 11 is 0. The maximum Gasteiger partial charge on any atom is 0.356 e. The Balaban J connectivity index is 2.39. The molecule has 5 nitrogen and oxygen atoms in total. The molecule has 5 heteroatoms. The molecule has 2 aromatic rings. The molecule has 15 heavy (non-hydrogen) atoms. The van der Waals surface area contributed by atoms with Crippen LogP contribution in [0, 0.1) is 0 Å². The normalized spacial score (nSPS) is 9.93. The van der Waals surface area contributed by atoms with Gasteiger partial charge in [-0.15, -0.1) is 0 Å². The van der Waals surface area contributed by atoms with Crippen LogP contribution in [0.5, 0.6) is 0 Å². The molecule has 0 bridgehead atoms. The fourth-order valence-electron chi connectivity index (χ4n) is 1.11. The fourth-order valence-corrected chi connectivity index (χ4v) is 1.11. The second kappa shape index (κ2) is 3.91. The summed E-state index contributed by atoms with van der Waals surface area (Å²) in [5.41, 5.74) is 0.949. The highest BCUT2D eigenvalue weighted by Crippen LogP contribution is 2.14. The van der Waals surface area contributed by atoms with Gasteiger partial charge in [0.15, 0.2) is 11.5 Å². The van der Waals surface area contributed by atoms with E-state index in [2.05, 4.69) is 14.7 Å². The van der Waals surface area contributed by atoms with Gasteiger partial charge in [0.25, 0.3) is 0 Å². The maximum absolute atomic E-state index is 11.2. The molecule has 0 aromatic carbocycles. The van der Waals surface area contributed by atoms with Crippen molar-refractivity contribution in [2.24, 2.45) is 0 Å². The van der Waals surface area contributed by atoms with Gasteiger partial charge < -0.3 is 9.15 Å². The number of nitrogens with zero attached hydrogens (tertiary/aromatic N) is 2. The highest BCUT2D eigenvalue weighted by molar-refractivity contribution is 5.87. The average molecular weight is 204 g/mol. The minimum absolute atomic E-state index is 0.226. The molecule has 0 spiro atoms. The summed E-state index contributed by atoms with van der Waals surface area (Å²) < 4.78 is 9.46. The molecule has 0 aliphatic rings. The molecule has 0 N–H and O–H groups in total. The summed E-state index contributed by atoms with van der Waals surface area (Å²) in [6.45, 7) is 0. The van der Waals surface area contributed by atoms with E-state index in [1.54, 1.807) is 6.07 Å². The molecule has 0 aliphatic heterocycles. The third-order valence-corrected chi connectivity index (χ3v) is 1.83. The van der Waals surface area contributed by atoms with E-state index < -0.39 is 5.97 Å². The van der Waals surface area contributed by atoms with Crippen molar-refractivity contribution in [1.82, 2.24) is 9.97 Å². The Bertz CT molecular complexity index is 465. The zero-order valence-corrected chi connectivity index (χ0v) is 8.01. The first kappa shape index (κ1) is 9.39. The molecule has 0 amide bonds. The molecule has 2 rings (SSSR count). The van der Waals surface area contributed by atoms with Gasteiger partial charge in [0.1, 0.15) is 6.26 Å². The Morgan fingerprint density at radius 3 is 3.00 bits per heavy atom. The van der Waals surface area contributed by atoms with Gasteiger partial charge in [-0.3, -0.25) is 0 Å². The van der Waals surface area contributed by atoms with Gasteiger partial charge in [-0.2, -0.15) is 0 Å². The van der Waals surface area contributed by atoms with E-state index in [1.807, 2.05) is 0 Å². The molecule has 0 fully saturated rings. The van der Waals surface area contributed by atoms with Crippen LogP contribution in [0.1, 0.15) is 10.5 Å². The number of ether oxygens (including phenoxy) is 1. The van der Waals surface area contributed by atoms with Crippen LogP contribution in [0.4, 0.5) is 0 Å². The predicted molar refractivity (Wildman–Crippen MR) is 51.1 cm³/mol. The molecule has 0 radical (unpaired) electrons. The topological polar surface area (TPSA) is 65.2 Å². The Labute approximate surface area is 85.7 Å². The molecular weight excluding hydrogens is 196 g/mol. The smallest absolute Gasteiger partial charge is 0.356 e. The van der Waals surface area contributed by atoms with Crippen molar-refractivity contribution < 1.29 is 13.9 Å². The first-order valence-electron chi connectivity index (χ1n) is 4.25. The van der Waals surface area contributed by atoms with Crippen LogP contribution in [0.25, 0.3) is 11.4 Å². The number of aromatic nitrogens is 2. The summed E-state index contributed by atoms with van der Waals surface area (Å²) in [6.07, 6.45) is 4.53. The van der Waals surface area contributed by atoms with E-state index in [1.165, 1.54) is 31.9 Å². The van der Waals surface area contributed by atoms with E-state index in [4.69, 9.17) is 4.42 Å². The van der Waals surface area contributed by atoms with Crippen molar-refractivity contribution in [2.45, 2.75) is 0 Å². The van der Waals surface area contributed by atoms with Crippen LogP contribution in [0.2, 0.25) is 0 Å². The van der Waals surface area contributed by atoms with E-state index in [0.29, 0.717) is 5.82 Å². The molecular formula is C10H8N2O3. The minimum Gasteiger partial charge on any atom is -0.472 e. The minimum atomic E-state index is -0.484. The number of carbonyl (C=O) groups excluding carboxylic acids is 1. The van der Waals surface area contributed by atoms with E-state index in [9.17, 15) is 4.79 Å². The van der Waals surface area contributed by atoms with Crippen molar-refractivity contribution in [2.75, 3.05) is 7.11 Å². The summed E-state index contributed by atoms with van der Waals surface area (Å²) in [5.74, 6) is -0.0474. The molecule has 0 unspecified atom stereocenters. The number of carbonyl (C=O) groups is 1. The van der Waals surface area contributed by atoms with Gasteiger partial charge in [0, 0.05) is 6.20 Å². The second-order valence-corrected chi connectivity index (χ2v) is 2.77. The second-order valence-electron chi connectivity index (χ2n) is 2.77. The van der Waals surface area contributed by atoms with Crippen LogP contribution in [0.3, 0.4) is 0 Å². The van der Waals surface area contributed by atoms with Gasteiger partial charge in [-0.25, -0.2) is 14.8 Å². The van der Waals surface area contributed by atoms with Crippen molar-refractivity contribution in [3.8, 4) is 11.4 Å². The first-order chi connectivity index (χ1) is 7.31. The van der Waals surface area contributed by atoms with Crippen LogP contribution in [-0.4, -0.2) is 23.0 Å². The summed E-state index contributed by atoms with van der Waals surface area (Å²) in [6, 6.07) is 3.21. The Morgan fingerprint density at radius 2 is 2.33 bits per heavy atom. The zero-order chi connectivity index (χ0) is 10.7. The van der Waals surface area contributed by atoms with Crippen LogP contribution >= 0.6 is 0 Å². The lowest BCUT2D eigenvalue weighted by Crippen LogP contribution is -2.05. The standard InChI is InChI=1S/C10H8N2O3/c1-14-10(13)8-2-4-11-9(12-8)7-3-5-15-6-7/h2-6H,1H3. The number of hydrogen-bond donors (Lipinski definition) is 0. The number of methoxy groups -OCH3 is 1. The van der Waals surface area contributed by atoms with E-state index in [0.717, 1.165) is 5.56 Å². The maximum atomic E-state index is 11.2. The monoisotopic (exact) mass is 204 g/mol. The van der Waals surface area contributed by atoms with Gasteiger partial charge >= 0.3 is 5.97 Å². The Morgan fingerprint density at radius 1 is 1.47 bits per heavy atom. The Kier molecular flexibility index (Phi) is 2.45. The third kappa shape index (κ3) is 1.85. The molecule has 0 saturated heterocycles. The van der Waals surface area contributed by atoms with Crippen LogP contribution in [-0.2, 0) is 4.74 Å². The van der Waals surface area contributed by atoms with E-state index >= 15 is 0 Å². The third-order valence-electron chi connectivity index (χ3n) is 1.83. The Hall–Kier alpha value is -2.17. The quantitative estimate of drug-likeness (QED) is 0.694. The van der Waals surface area contributed by atoms with Gasteiger partial charge in [0.05, 0.1) is 18.9 Å². The number of hydrogen-bond acceptors (Lipinski definition) is 5. The number of esters is 1. The molecule has 76 valence electrons. The molecule has 2 heterocycles. The molecule has 0 aliphatic carbocycles. The number of furan rings is 1. The largest absolute Gasteiger partial charge is 0.472 e. The van der Waals surface area contributed by atoms with Gasteiger partial charge in [-0.05, 0) is 12.1 Å². The van der Waals surface area contributed by atoms with Crippen molar-refractivity contribution in [3.05, 3.63) is 36.5 Å². The summed E-state index contributed by atoms with van der Waals surface area (Å²) in [7, 11) is 1.31. The van der Waals surface area contributed by atoms with Crippen molar-refractivity contribution >= 4 is 5.97 Å². The molecule has 0 saturated carbocycles. The highest BCUT2D eigenvalue weighted by atomic mass is 16.5. The fraction of sp³-hybridized carbons (Fsp3) is 0.100. The van der Waals surface area contributed by atoms with Crippen molar-refractivity contribution in [3.63, 3.8) is 0 Å². The average Bonchev–Trinajstić information content (AvgIpc) is 2.82. The SMILES string of the molecule is COC(=O)c1ccnc(-c2ccoc2)n1.